The molecule has 0 fully saturated rings. The molecule has 0 spiro atoms. The number of hydrogen-bond donors (Lipinski definition) is 1. The second-order valence-electron chi connectivity index (χ2n) is 11.7. The number of benzene rings is 2. The SMILES string of the molecule is CC(=O)C(C)(C)OC(=O)[C@H](CO[Si](c1ccccc1)(c1ccccc1)C(C)(C)C)NC(=O)OC(C)(C)C. The Bertz CT molecular complexity index is 1030. The summed E-state index contributed by atoms with van der Waals surface area (Å²) in [7, 11) is -3.00. The number of carbonyl (C=O) groups excluding carboxylic acids is 3. The predicted molar refractivity (Wildman–Crippen MR) is 148 cm³/mol. The third-order valence-corrected chi connectivity index (χ3v) is 11.1. The van der Waals surface area contributed by atoms with Crippen molar-refractivity contribution in [2.24, 2.45) is 0 Å². The molecule has 8 heteroatoms. The summed E-state index contributed by atoms with van der Waals surface area (Å²) in [6, 6.07) is 18.7. The number of alkyl carbamates (subject to hydrolysis) is 1. The van der Waals surface area contributed by atoms with Crippen LogP contribution in [-0.4, -0.2) is 50.0 Å². The molecule has 0 aliphatic carbocycles. The zero-order chi connectivity index (χ0) is 28.1. The molecule has 1 amide bonds. The van der Waals surface area contributed by atoms with Gasteiger partial charge in [-0.3, -0.25) is 4.79 Å². The fourth-order valence-corrected chi connectivity index (χ4v) is 8.55. The summed E-state index contributed by atoms with van der Waals surface area (Å²) in [6.07, 6.45) is -0.777. The summed E-state index contributed by atoms with van der Waals surface area (Å²) in [5, 5.41) is 4.33. The van der Waals surface area contributed by atoms with E-state index in [1.54, 1.807) is 20.8 Å². The third kappa shape index (κ3) is 7.76. The third-order valence-electron chi connectivity index (χ3n) is 6.06. The number of ketones is 1. The Morgan fingerprint density at radius 3 is 1.62 bits per heavy atom. The number of Topliss-reactive ketones (excluding diaryl/α,β-unsaturated/α-hetero) is 1. The van der Waals surface area contributed by atoms with Crippen LogP contribution in [0.15, 0.2) is 60.7 Å². The first-order valence-electron chi connectivity index (χ1n) is 12.5. The number of ether oxygens (including phenoxy) is 2. The van der Waals surface area contributed by atoms with E-state index in [0.29, 0.717) is 0 Å². The average Bonchev–Trinajstić information content (AvgIpc) is 2.77. The molecule has 0 aromatic heterocycles. The minimum absolute atomic E-state index is 0.167. The fourth-order valence-electron chi connectivity index (χ4n) is 3.98. The standard InChI is InChI=1S/C29H41NO6Si/c1-21(31)29(8,9)35-25(32)24(30-26(33)36-27(2,3)4)20-34-37(28(5,6)7,22-16-12-10-13-17-22)23-18-14-11-15-19-23/h10-19,24H,20H2,1-9H3,(H,30,33)/t24-/m0/s1. The molecule has 0 saturated heterocycles. The highest BCUT2D eigenvalue weighted by atomic mass is 28.4. The van der Waals surface area contributed by atoms with Crippen LogP contribution in [0.2, 0.25) is 5.04 Å². The Kier molecular flexibility index (Phi) is 9.49. The minimum Gasteiger partial charge on any atom is -0.450 e. The van der Waals surface area contributed by atoms with E-state index in [2.05, 4.69) is 26.1 Å². The first kappa shape index (κ1) is 30.3. The molecule has 2 aromatic carbocycles. The highest BCUT2D eigenvalue weighted by Gasteiger charge is 2.51. The van der Waals surface area contributed by atoms with Gasteiger partial charge in [-0.25, -0.2) is 9.59 Å². The van der Waals surface area contributed by atoms with Gasteiger partial charge in [0.05, 0.1) is 6.61 Å². The monoisotopic (exact) mass is 527 g/mol. The quantitative estimate of drug-likeness (QED) is 0.385. The molecule has 0 aliphatic heterocycles. The number of amides is 1. The van der Waals surface area contributed by atoms with Gasteiger partial charge in [0, 0.05) is 0 Å². The average molecular weight is 528 g/mol. The number of rotatable bonds is 9. The van der Waals surface area contributed by atoms with Crippen molar-refractivity contribution in [2.75, 3.05) is 6.61 Å². The van der Waals surface area contributed by atoms with Crippen molar-refractivity contribution in [2.45, 2.75) is 84.6 Å². The largest absolute Gasteiger partial charge is 0.450 e. The van der Waals surface area contributed by atoms with Gasteiger partial charge in [0.15, 0.2) is 17.4 Å². The molecule has 0 radical (unpaired) electrons. The van der Waals surface area contributed by atoms with E-state index in [4.69, 9.17) is 13.9 Å². The van der Waals surface area contributed by atoms with Crippen LogP contribution in [0.1, 0.15) is 62.3 Å². The van der Waals surface area contributed by atoms with Crippen LogP contribution in [0, 0.1) is 0 Å². The van der Waals surface area contributed by atoms with Crippen molar-refractivity contribution < 1.29 is 28.3 Å². The Morgan fingerprint density at radius 1 is 0.784 bits per heavy atom. The molecule has 1 atom stereocenters. The van der Waals surface area contributed by atoms with Gasteiger partial charge >= 0.3 is 12.1 Å². The van der Waals surface area contributed by atoms with Crippen LogP contribution in [-0.2, 0) is 23.5 Å². The van der Waals surface area contributed by atoms with E-state index in [1.807, 2.05) is 60.7 Å². The van der Waals surface area contributed by atoms with Gasteiger partial charge in [-0.2, -0.15) is 0 Å². The van der Waals surface area contributed by atoms with Crippen LogP contribution in [0.3, 0.4) is 0 Å². The van der Waals surface area contributed by atoms with Crippen LogP contribution in [0.5, 0.6) is 0 Å². The molecule has 2 rings (SSSR count). The van der Waals surface area contributed by atoms with E-state index in [1.165, 1.54) is 20.8 Å². The number of carbonyl (C=O) groups is 3. The number of hydrogen-bond acceptors (Lipinski definition) is 6. The summed E-state index contributed by atoms with van der Waals surface area (Å²) in [4.78, 5) is 38.0. The molecule has 1 N–H and O–H groups in total. The van der Waals surface area contributed by atoms with Gasteiger partial charge in [0.25, 0.3) is 8.32 Å². The second-order valence-corrected chi connectivity index (χ2v) is 16.0. The van der Waals surface area contributed by atoms with Crippen molar-refractivity contribution in [3.05, 3.63) is 60.7 Å². The minimum atomic E-state index is -3.00. The van der Waals surface area contributed by atoms with Gasteiger partial charge < -0.3 is 19.2 Å². The zero-order valence-electron chi connectivity index (χ0n) is 23.5. The number of nitrogens with one attached hydrogen (secondary N) is 1. The highest BCUT2D eigenvalue weighted by Crippen LogP contribution is 2.36. The van der Waals surface area contributed by atoms with Crippen molar-refractivity contribution >= 4 is 36.5 Å². The summed E-state index contributed by atoms with van der Waals surface area (Å²) >= 11 is 0. The van der Waals surface area contributed by atoms with Crippen LogP contribution >= 0.6 is 0 Å². The summed E-state index contributed by atoms with van der Waals surface area (Å²) in [5.74, 6) is -1.09. The lowest BCUT2D eigenvalue weighted by Crippen LogP contribution is -2.67. The lowest BCUT2D eigenvalue weighted by atomic mass is 10.1. The van der Waals surface area contributed by atoms with Gasteiger partial charge in [0.2, 0.25) is 0 Å². The van der Waals surface area contributed by atoms with Gasteiger partial charge in [-0.05, 0) is 57.0 Å². The Labute approximate surface area is 222 Å². The van der Waals surface area contributed by atoms with E-state index >= 15 is 0 Å². The lowest BCUT2D eigenvalue weighted by Gasteiger charge is -2.43. The van der Waals surface area contributed by atoms with Crippen molar-refractivity contribution in [3.8, 4) is 0 Å². The van der Waals surface area contributed by atoms with Crippen molar-refractivity contribution in [1.29, 1.82) is 0 Å². The maximum absolute atomic E-state index is 13.3. The van der Waals surface area contributed by atoms with Gasteiger partial charge in [0.1, 0.15) is 5.60 Å². The van der Waals surface area contributed by atoms with Crippen LogP contribution < -0.4 is 15.7 Å². The molecular formula is C29H41NO6Si. The van der Waals surface area contributed by atoms with Gasteiger partial charge in [-0.15, -0.1) is 0 Å². The van der Waals surface area contributed by atoms with Crippen LogP contribution in [0.25, 0.3) is 0 Å². The van der Waals surface area contributed by atoms with Crippen molar-refractivity contribution in [1.82, 2.24) is 5.32 Å². The molecule has 0 bridgehead atoms. The van der Waals surface area contributed by atoms with Crippen LogP contribution in [0.4, 0.5) is 4.79 Å². The molecule has 202 valence electrons. The molecule has 0 unspecified atom stereocenters. The normalized spacial score (nSPS) is 13.4. The summed E-state index contributed by atoms with van der Waals surface area (Å²) < 4.78 is 17.8. The van der Waals surface area contributed by atoms with E-state index in [9.17, 15) is 14.4 Å². The highest BCUT2D eigenvalue weighted by molar-refractivity contribution is 6.99. The van der Waals surface area contributed by atoms with E-state index in [-0.39, 0.29) is 17.4 Å². The predicted octanol–water partition coefficient (Wildman–Crippen LogP) is 4.37. The van der Waals surface area contributed by atoms with Gasteiger partial charge in [-0.1, -0.05) is 81.4 Å². The lowest BCUT2D eigenvalue weighted by molar-refractivity contribution is -0.165. The maximum atomic E-state index is 13.3. The fraction of sp³-hybridized carbons (Fsp3) is 0.483. The first-order valence-corrected chi connectivity index (χ1v) is 14.4. The molecular weight excluding hydrogens is 486 g/mol. The smallest absolute Gasteiger partial charge is 0.408 e. The molecule has 0 aliphatic rings. The molecule has 2 aromatic rings. The summed E-state index contributed by atoms with van der Waals surface area (Å²) in [6.45, 7) is 15.8. The van der Waals surface area contributed by atoms with Crippen molar-refractivity contribution in [3.63, 3.8) is 0 Å². The molecule has 7 nitrogen and oxygen atoms in total. The molecule has 0 heterocycles. The zero-order valence-corrected chi connectivity index (χ0v) is 24.5. The Hall–Kier alpha value is -2.97. The Morgan fingerprint density at radius 2 is 1.24 bits per heavy atom. The first-order chi connectivity index (χ1) is 17.0. The van der Waals surface area contributed by atoms with E-state index < -0.39 is 37.6 Å². The maximum Gasteiger partial charge on any atom is 0.408 e. The number of esters is 1. The Balaban J connectivity index is 2.53. The second kappa shape index (κ2) is 11.6. The van der Waals surface area contributed by atoms with E-state index in [0.717, 1.165) is 10.4 Å². The molecule has 0 saturated carbocycles. The topological polar surface area (TPSA) is 90.9 Å². The molecule has 37 heavy (non-hydrogen) atoms. The summed E-state index contributed by atoms with van der Waals surface area (Å²) in [5.41, 5.74) is -2.13.